The molecule has 1 saturated heterocycles. The lowest BCUT2D eigenvalue weighted by Gasteiger charge is -2.45. The van der Waals surface area contributed by atoms with Gasteiger partial charge in [0.1, 0.15) is 29.8 Å². The van der Waals surface area contributed by atoms with Gasteiger partial charge in [-0.1, -0.05) is 38.4 Å². The van der Waals surface area contributed by atoms with E-state index in [9.17, 15) is 0 Å². The summed E-state index contributed by atoms with van der Waals surface area (Å²) < 4.78 is 8.56. The number of hydrogen-bond donors (Lipinski definition) is 2. The molecule has 9 heteroatoms. The van der Waals surface area contributed by atoms with Gasteiger partial charge in [-0.2, -0.15) is 0 Å². The van der Waals surface area contributed by atoms with Crippen LogP contribution in [0, 0.1) is 5.92 Å². The van der Waals surface area contributed by atoms with Crippen molar-refractivity contribution in [1.82, 2.24) is 29.4 Å². The van der Waals surface area contributed by atoms with Crippen molar-refractivity contribution in [2.45, 2.75) is 96.6 Å². The number of aromatic amines is 1. The maximum Gasteiger partial charge on any atom is 0.149 e. The molecule has 3 aromatic heterocycles. The molecular weight excluding hydrogens is 510 g/mol. The molecule has 4 heterocycles. The summed E-state index contributed by atoms with van der Waals surface area (Å²) in [5.41, 5.74) is 10.5. The number of hydrogen-bond acceptors (Lipinski definition) is 6. The highest BCUT2D eigenvalue weighted by molar-refractivity contribution is 6.36. The van der Waals surface area contributed by atoms with E-state index in [4.69, 9.17) is 27.1 Å². The van der Waals surface area contributed by atoms with E-state index in [1.165, 1.54) is 24.7 Å². The summed E-state index contributed by atoms with van der Waals surface area (Å²) in [6, 6.07) is 7.68. The monoisotopic (exact) mass is 549 g/mol. The number of ether oxygens (including phenoxy) is 1. The normalized spacial score (nSPS) is 23.9. The Hall–Kier alpha value is -2.68. The predicted molar refractivity (Wildman–Crippen MR) is 157 cm³/mol. The minimum Gasteiger partial charge on any atom is -0.383 e. The molecule has 1 aliphatic carbocycles. The third-order valence-electron chi connectivity index (χ3n) is 8.62. The highest BCUT2D eigenvalue weighted by atomic mass is 35.5. The second kappa shape index (κ2) is 10.1. The number of anilines is 1. The van der Waals surface area contributed by atoms with Crippen molar-refractivity contribution >= 4 is 39.5 Å². The number of nitrogen functional groups attached to an aromatic ring is 1. The molecule has 2 aliphatic rings. The first kappa shape index (κ1) is 26.5. The predicted octanol–water partition coefficient (Wildman–Crippen LogP) is 6.25. The van der Waals surface area contributed by atoms with Crippen molar-refractivity contribution in [2.75, 3.05) is 12.3 Å². The lowest BCUT2D eigenvalue weighted by atomic mass is 9.76. The van der Waals surface area contributed by atoms with Gasteiger partial charge in [-0.15, -0.1) is 0 Å². The number of fused-ring (bicyclic) bond motifs is 2. The summed E-state index contributed by atoms with van der Waals surface area (Å²) >= 11 is 6.46. The highest BCUT2D eigenvalue weighted by Crippen LogP contribution is 2.39. The second-order valence-corrected chi connectivity index (χ2v) is 13.2. The zero-order valence-electron chi connectivity index (χ0n) is 23.6. The third kappa shape index (κ3) is 5.14. The number of benzene rings is 1. The summed E-state index contributed by atoms with van der Waals surface area (Å²) in [6.45, 7) is 12.3. The number of aromatic nitrogens is 5. The van der Waals surface area contributed by atoms with Crippen LogP contribution in [0.25, 0.3) is 22.1 Å². The van der Waals surface area contributed by atoms with Crippen molar-refractivity contribution in [3.8, 4) is 0 Å². The zero-order chi connectivity index (χ0) is 27.5. The van der Waals surface area contributed by atoms with Crippen LogP contribution in [0.4, 0.5) is 5.82 Å². The summed E-state index contributed by atoms with van der Waals surface area (Å²) in [4.78, 5) is 19.7. The maximum absolute atomic E-state index is 6.54. The van der Waals surface area contributed by atoms with Gasteiger partial charge in [0.05, 0.1) is 27.5 Å². The van der Waals surface area contributed by atoms with Crippen LogP contribution in [-0.2, 0) is 16.6 Å². The molecule has 6 rings (SSSR count). The lowest BCUT2D eigenvalue weighted by molar-refractivity contribution is -0.0386. The van der Waals surface area contributed by atoms with Crippen LogP contribution in [0.2, 0.25) is 5.02 Å². The Morgan fingerprint density at radius 2 is 2.00 bits per heavy atom. The van der Waals surface area contributed by atoms with Gasteiger partial charge in [0, 0.05) is 31.2 Å². The number of nitrogens with one attached hydrogen (secondary N) is 1. The van der Waals surface area contributed by atoms with Gasteiger partial charge in [-0.05, 0) is 68.6 Å². The molecule has 39 heavy (non-hydrogen) atoms. The molecular formula is C30H40ClN7O. The number of imidazole rings is 1. The molecule has 0 spiro atoms. The van der Waals surface area contributed by atoms with Crippen molar-refractivity contribution in [1.29, 1.82) is 0 Å². The average molecular weight is 550 g/mol. The average Bonchev–Trinajstić information content (AvgIpc) is 3.56. The van der Waals surface area contributed by atoms with Crippen molar-refractivity contribution in [2.24, 2.45) is 5.92 Å². The van der Waals surface area contributed by atoms with E-state index in [-0.39, 0.29) is 17.7 Å². The van der Waals surface area contributed by atoms with E-state index >= 15 is 0 Å². The highest BCUT2D eigenvalue weighted by Gasteiger charge is 2.38. The van der Waals surface area contributed by atoms with Gasteiger partial charge in [-0.3, -0.25) is 4.90 Å². The standard InChI is InChI=1S/C30H40ClN7O/c1-17(2)37(14-21-7-9-26(39-21)38-15-22(31)27-28(32)33-16-34-29(27)38)20-10-18(11-20)12-25-35-23-8-6-19(30(3,4)5)13-24(23)36-25/h6,8,13,15-18,20-21,26H,7,9-12,14H2,1-5H3,(H,35,36)(H2,32,33,34). The molecule has 2 unspecified atom stereocenters. The number of nitrogens with zero attached hydrogens (tertiary/aromatic N) is 5. The Labute approximate surface area is 235 Å². The van der Waals surface area contributed by atoms with Crippen molar-refractivity contribution < 1.29 is 4.74 Å². The second-order valence-electron chi connectivity index (χ2n) is 12.8. The molecule has 0 bridgehead atoms. The topological polar surface area (TPSA) is 97.9 Å². The molecule has 1 saturated carbocycles. The number of nitrogens with two attached hydrogens (primary N) is 1. The Bertz CT molecular complexity index is 1480. The van der Waals surface area contributed by atoms with Gasteiger partial charge in [0.15, 0.2) is 0 Å². The fourth-order valence-electron chi connectivity index (χ4n) is 6.36. The SMILES string of the molecule is CC(C)N(CC1CCC(n2cc(Cl)c3c(N)ncnc32)O1)C1CC(Cc2nc3ccc(C(C)(C)C)cc3[nH]2)C1. The van der Waals surface area contributed by atoms with Crippen LogP contribution in [0.1, 0.15) is 77.9 Å². The summed E-state index contributed by atoms with van der Waals surface area (Å²) in [7, 11) is 0. The van der Waals surface area contributed by atoms with Crippen molar-refractivity contribution in [3.05, 3.63) is 47.1 Å². The minimum absolute atomic E-state index is 0.0886. The van der Waals surface area contributed by atoms with E-state index in [1.807, 2.05) is 10.8 Å². The first-order chi connectivity index (χ1) is 18.6. The maximum atomic E-state index is 6.54. The molecule has 1 aromatic carbocycles. The summed E-state index contributed by atoms with van der Waals surface area (Å²) in [5.74, 6) is 2.18. The molecule has 0 amide bonds. The van der Waals surface area contributed by atoms with E-state index < -0.39 is 0 Å². The van der Waals surface area contributed by atoms with Gasteiger partial charge in [-0.25, -0.2) is 15.0 Å². The third-order valence-corrected chi connectivity index (χ3v) is 8.91. The first-order valence-electron chi connectivity index (χ1n) is 14.2. The van der Waals surface area contributed by atoms with Gasteiger partial charge < -0.3 is 20.0 Å². The van der Waals surface area contributed by atoms with Crippen LogP contribution >= 0.6 is 11.6 Å². The van der Waals surface area contributed by atoms with Crippen molar-refractivity contribution in [3.63, 3.8) is 0 Å². The first-order valence-corrected chi connectivity index (χ1v) is 14.6. The molecule has 208 valence electrons. The summed E-state index contributed by atoms with van der Waals surface area (Å²) in [5, 5.41) is 1.27. The van der Waals surface area contributed by atoms with Crippen LogP contribution in [0.3, 0.4) is 0 Å². The van der Waals surface area contributed by atoms with Gasteiger partial charge >= 0.3 is 0 Å². The number of halogens is 1. The smallest absolute Gasteiger partial charge is 0.149 e. The quantitative estimate of drug-likeness (QED) is 0.283. The largest absolute Gasteiger partial charge is 0.383 e. The lowest BCUT2D eigenvalue weighted by Crippen LogP contribution is -2.51. The molecule has 3 N–H and O–H groups in total. The fraction of sp³-hybridized carbons (Fsp3) is 0.567. The molecule has 0 radical (unpaired) electrons. The van der Waals surface area contributed by atoms with Crippen LogP contribution in [0.15, 0.2) is 30.7 Å². The van der Waals surface area contributed by atoms with Crippen LogP contribution < -0.4 is 5.73 Å². The Morgan fingerprint density at radius 3 is 2.74 bits per heavy atom. The Balaban J connectivity index is 1.06. The van der Waals surface area contributed by atoms with E-state index in [1.54, 1.807) is 0 Å². The number of rotatable bonds is 7. The Morgan fingerprint density at radius 1 is 1.21 bits per heavy atom. The minimum atomic E-state index is -0.0886. The van der Waals surface area contributed by atoms with E-state index in [0.717, 1.165) is 48.3 Å². The molecule has 2 atom stereocenters. The molecule has 2 fully saturated rings. The van der Waals surface area contributed by atoms with Gasteiger partial charge in [0.25, 0.3) is 0 Å². The van der Waals surface area contributed by atoms with Crippen LogP contribution in [-0.4, -0.2) is 54.1 Å². The summed E-state index contributed by atoms with van der Waals surface area (Å²) in [6.07, 6.45) is 8.81. The number of H-pyrrole nitrogens is 1. The van der Waals surface area contributed by atoms with E-state index in [0.29, 0.717) is 34.2 Å². The zero-order valence-corrected chi connectivity index (χ0v) is 24.4. The molecule has 1 aliphatic heterocycles. The molecule has 4 aromatic rings. The molecule has 8 nitrogen and oxygen atoms in total. The van der Waals surface area contributed by atoms with E-state index in [2.05, 4.69) is 72.7 Å². The Kier molecular flexibility index (Phi) is 6.84. The fourth-order valence-corrected chi connectivity index (χ4v) is 6.65. The van der Waals surface area contributed by atoms with Crippen LogP contribution in [0.5, 0.6) is 0 Å². The van der Waals surface area contributed by atoms with Gasteiger partial charge in [0.2, 0.25) is 0 Å².